The molecule has 10 aliphatic rings. The van der Waals surface area contributed by atoms with Crippen LogP contribution in [0.2, 0.25) is 0 Å². The van der Waals surface area contributed by atoms with Crippen molar-refractivity contribution < 1.29 is 151 Å². The van der Waals surface area contributed by atoms with Crippen LogP contribution >= 0.6 is 0 Å². The Labute approximate surface area is 546 Å². The van der Waals surface area contributed by atoms with Crippen LogP contribution in [0.15, 0.2) is 23.3 Å². The number of fused-ring (bicyclic) bond motifs is 5. The molecule has 6 saturated heterocycles. The van der Waals surface area contributed by atoms with Crippen LogP contribution in [0.4, 0.5) is 0 Å². The second kappa shape index (κ2) is 29.3. The van der Waals surface area contributed by atoms with E-state index in [1.54, 1.807) is 0 Å². The van der Waals surface area contributed by atoms with Crippen LogP contribution in [0, 0.1) is 34.5 Å². The summed E-state index contributed by atoms with van der Waals surface area (Å²) >= 11 is 0. The Morgan fingerprint density at radius 3 is 1.66 bits per heavy atom. The van der Waals surface area contributed by atoms with Gasteiger partial charge in [-0.05, 0) is 141 Å². The molecule has 0 aromatic heterocycles. The van der Waals surface area contributed by atoms with E-state index in [9.17, 15) is 89.6 Å². The van der Waals surface area contributed by atoms with Crippen LogP contribution in [-0.4, -0.2) is 299 Å². The molecular weight excluding hydrogens is 1270 g/mol. The van der Waals surface area contributed by atoms with Gasteiger partial charge in [-0.25, -0.2) is 4.18 Å². The highest BCUT2D eigenvalue weighted by Crippen LogP contribution is 2.67. The molecule has 0 spiro atoms. The third-order valence-corrected chi connectivity index (χ3v) is 22.9. The minimum atomic E-state index is -4.88. The molecule has 4 aliphatic carbocycles. The molecule has 0 aromatic rings. The maximum Gasteiger partial charge on any atom is 0.397 e. The molecule has 6 heterocycles. The predicted molar refractivity (Wildman–Crippen MR) is 316 cm³/mol. The zero-order valence-electron chi connectivity index (χ0n) is 54.3. The first kappa shape index (κ1) is 74.9. The minimum absolute atomic E-state index is 0.0483. The monoisotopic (exact) mass is 1370 g/mol. The standard InChI is InChI=1S/C62H102O31S/c1-23(2)11-10-16-62(9,77)36-13-12-30-29-20-33(32-19-28(93-94(78,79)80)14-17-60(32,7)31(29)15-18-61(30,36)8)86-56-48(75)51(40(67)26(5)83-56)90-58-52(91-54-46(73)43(70)37(64)24(3)82-54)42(69)35(22-81-58)88-59-53(45(72)38(65)25(4)85-59)92-57-49(76)50(39(66)27(6)84-57)89-55-47(74)44(71)41(68)34(21-63)87-55/h11,15,24-30,32-59,63-77H,10,12-14,16-22H2,1-9H3,(H,78,79,80). The minimum Gasteiger partial charge on any atom is -0.394 e. The predicted octanol–water partition coefficient (Wildman–Crippen LogP) is -3.08. The van der Waals surface area contributed by atoms with Crippen LogP contribution in [0.5, 0.6) is 0 Å². The summed E-state index contributed by atoms with van der Waals surface area (Å²) in [5.41, 5.74) is 0.430. The van der Waals surface area contributed by atoms with Gasteiger partial charge in [-0.15, -0.1) is 0 Å². The molecule has 31 nitrogen and oxygen atoms in total. The molecule has 0 aromatic carbocycles. The van der Waals surface area contributed by atoms with Gasteiger partial charge in [-0.2, -0.15) is 8.42 Å². The quantitative estimate of drug-likeness (QED) is 0.0450. The summed E-state index contributed by atoms with van der Waals surface area (Å²) in [6.07, 6.45) is -42.5. The van der Waals surface area contributed by atoms with Crippen LogP contribution < -0.4 is 0 Å². The molecule has 0 amide bonds. The Kier molecular flexibility index (Phi) is 23.4. The molecular formula is C62H102O31S. The van der Waals surface area contributed by atoms with Gasteiger partial charge in [-0.3, -0.25) is 4.55 Å². The summed E-state index contributed by atoms with van der Waals surface area (Å²) in [6.45, 7) is 14.4. The van der Waals surface area contributed by atoms with Crippen LogP contribution in [0.1, 0.15) is 120 Å². The highest BCUT2D eigenvalue weighted by atomic mass is 32.3. The van der Waals surface area contributed by atoms with Crippen molar-refractivity contribution in [3.63, 3.8) is 0 Å². The Bertz CT molecular complexity index is 2710. The van der Waals surface area contributed by atoms with Crippen molar-refractivity contribution in [3.8, 4) is 0 Å². The number of aliphatic hydroxyl groups excluding tert-OH is 14. The molecule has 0 bridgehead atoms. The summed E-state index contributed by atoms with van der Waals surface area (Å²) in [5.74, 6) is -0.539. The third-order valence-electron chi connectivity index (χ3n) is 22.4. The van der Waals surface area contributed by atoms with E-state index >= 15 is 0 Å². The average Bonchev–Trinajstić information content (AvgIpc) is 1.34. The molecule has 38 atom stereocenters. The van der Waals surface area contributed by atoms with E-state index in [1.165, 1.54) is 33.3 Å². The van der Waals surface area contributed by atoms with Crippen molar-refractivity contribution in [1.82, 2.24) is 0 Å². The van der Waals surface area contributed by atoms with Gasteiger partial charge in [-0.1, -0.05) is 37.1 Å². The Morgan fingerprint density at radius 2 is 1.07 bits per heavy atom. The van der Waals surface area contributed by atoms with Crippen LogP contribution in [-0.2, 0) is 71.4 Å². The van der Waals surface area contributed by atoms with Crippen LogP contribution in [0.25, 0.3) is 0 Å². The molecule has 6 aliphatic heterocycles. The maximum atomic E-state index is 12.5. The lowest BCUT2D eigenvalue weighted by atomic mass is 9.47. The first-order chi connectivity index (χ1) is 44.0. The number of hydrogen-bond donors (Lipinski definition) is 16. The second-order valence-corrected chi connectivity index (χ2v) is 30.0. The molecule has 0 radical (unpaired) electrons. The fourth-order valence-electron chi connectivity index (χ4n) is 17.0. The topological polar surface area (TPSA) is 478 Å². The molecule has 542 valence electrons. The average molecular weight is 1380 g/mol. The molecule has 3 saturated carbocycles. The molecule has 16 N–H and O–H groups in total. The van der Waals surface area contributed by atoms with E-state index in [2.05, 4.69) is 26.0 Å². The van der Waals surface area contributed by atoms with E-state index in [1.807, 2.05) is 20.8 Å². The fraction of sp³-hybridized carbons (Fsp3) is 0.935. The molecule has 10 rings (SSSR count). The third kappa shape index (κ3) is 14.8. The summed E-state index contributed by atoms with van der Waals surface area (Å²) in [6, 6.07) is 0. The lowest BCUT2D eigenvalue weighted by Gasteiger charge is -2.60. The lowest BCUT2D eigenvalue weighted by Crippen LogP contribution is -2.67. The van der Waals surface area contributed by atoms with E-state index in [0.717, 1.165) is 18.4 Å². The van der Waals surface area contributed by atoms with Crippen molar-refractivity contribution in [1.29, 1.82) is 0 Å². The smallest absolute Gasteiger partial charge is 0.394 e. The van der Waals surface area contributed by atoms with Gasteiger partial charge < -0.3 is 133 Å². The lowest BCUT2D eigenvalue weighted by molar-refractivity contribution is -0.401. The highest BCUT2D eigenvalue weighted by Gasteiger charge is 2.64. The summed E-state index contributed by atoms with van der Waals surface area (Å²) in [5, 5.41) is 169. The van der Waals surface area contributed by atoms with Gasteiger partial charge in [0.1, 0.15) is 116 Å². The summed E-state index contributed by atoms with van der Waals surface area (Å²) < 4.78 is 113. The van der Waals surface area contributed by atoms with Crippen molar-refractivity contribution >= 4 is 10.4 Å². The van der Waals surface area contributed by atoms with E-state index in [-0.39, 0.29) is 36.0 Å². The number of hydrogen-bond acceptors (Lipinski definition) is 30. The summed E-state index contributed by atoms with van der Waals surface area (Å²) in [7, 11) is -4.88. The molecule has 32 heteroatoms. The Balaban J connectivity index is 0.897. The Hall–Kier alpha value is -1.73. The maximum absolute atomic E-state index is 12.5. The first-order valence-electron chi connectivity index (χ1n) is 33.0. The van der Waals surface area contributed by atoms with Gasteiger partial charge >= 0.3 is 10.4 Å². The van der Waals surface area contributed by atoms with Gasteiger partial charge in [0.05, 0.1) is 55.4 Å². The van der Waals surface area contributed by atoms with Crippen LogP contribution in [0.3, 0.4) is 0 Å². The largest absolute Gasteiger partial charge is 0.397 e. The van der Waals surface area contributed by atoms with Gasteiger partial charge in [0.2, 0.25) is 0 Å². The zero-order valence-corrected chi connectivity index (χ0v) is 55.1. The summed E-state index contributed by atoms with van der Waals surface area (Å²) in [4.78, 5) is 0. The van der Waals surface area contributed by atoms with Crippen molar-refractivity contribution in [2.75, 3.05) is 13.2 Å². The molecule has 38 unspecified atom stereocenters. The molecule has 94 heavy (non-hydrogen) atoms. The van der Waals surface area contributed by atoms with Gasteiger partial charge in [0.25, 0.3) is 0 Å². The zero-order chi connectivity index (χ0) is 68.7. The number of allylic oxidation sites excluding steroid dienone is 4. The Morgan fingerprint density at radius 1 is 0.574 bits per heavy atom. The van der Waals surface area contributed by atoms with E-state index < -0.39 is 231 Å². The van der Waals surface area contributed by atoms with Crippen molar-refractivity contribution in [3.05, 3.63) is 23.3 Å². The highest BCUT2D eigenvalue weighted by molar-refractivity contribution is 7.80. The van der Waals surface area contributed by atoms with E-state index in [0.29, 0.717) is 32.1 Å². The fourth-order valence-corrected chi connectivity index (χ4v) is 17.5. The van der Waals surface area contributed by atoms with Crippen molar-refractivity contribution in [2.24, 2.45) is 34.5 Å². The van der Waals surface area contributed by atoms with Gasteiger partial charge in [0.15, 0.2) is 37.7 Å². The number of aliphatic hydroxyl groups is 15. The SMILES string of the molecule is CC(C)=CCCC(C)(O)C1CCC2C3CC(OC4OC(C)C(O)C(OC5OCC(OC6OC(C)C(O)C(O)C6OC6OC(C)C(O)C(OC7OC(CO)C(O)C(O)C7O)C6O)C(O)C5OC5OC(C)C(O)C(O)C5O)C4O)C4CC(OS(=O)(=O)O)CCC4(C)C3=CCC21C. The van der Waals surface area contributed by atoms with E-state index in [4.69, 9.17) is 61.0 Å². The second-order valence-electron chi connectivity index (χ2n) is 29.0. The number of rotatable bonds is 19. The molecule has 9 fully saturated rings. The number of ether oxygens (including phenoxy) is 12. The van der Waals surface area contributed by atoms with Crippen molar-refractivity contribution in [2.45, 2.75) is 316 Å². The first-order valence-corrected chi connectivity index (χ1v) is 34.4. The van der Waals surface area contributed by atoms with Gasteiger partial charge in [0, 0.05) is 0 Å². The normalized spacial score (nSPS) is 52.4.